The van der Waals surface area contributed by atoms with Crippen molar-refractivity contribution < 1.29 is 30.0 Å². The van der Waals surface area contributed by atoms with Crippen LogP contribution in [-0.4, -0.2) is 54.4 Å². The van der Waals surface area contributed by atoms with Gasteiger partial charge in [0, 0.05) is 18.9 Å². The Balaban J connectivity index is 0.000000186. The van der Waals surface area contributed by atoms with Crippen molar-refractivity contribution in [1.82, 2.24) is 19.5 Å². The van der Waals surface area contributed by atoms with Gasteiger partial charge in [0.2, 0.25) is 5.89 Å². The highest BCUT2D eigenvalue weighted by molar-refractivity contribution is 7.91. The number of sulfone groups is 1. The van der Waals surface area contributed by atoms with Crippen molar-refractivity contribution >= 4 is 20.0 Å². The molecule has 0 aliphatic carbocycles. The van der Waals surface area contributed by atoms with Gasteiger partial charge in [-0.1, -0.05) is 30.3 Å². The van der Waals surface area contributed by atoms with Gasteiger partial charge in [-0.25, -0.2) is 13.6 Å². The maximum atomic E-state index is 12.1. The highest BCUT2D eigenvalue weighted by Crippen LogP contribution is 2.28. The molecule has 1 atom stereocenters. The first kappa shape index (κ1) is 23.8. The van der Waals surface area contributed by atoms with Crippen LogP contribution in [0.2, 0.25) is 0 Å². The van der Waals surface area contributed by atoms with Crippen LogP contribution < -0.4 is 5.14 Å². The third-order valence-corrected chi connectivity index (χ3v) is 7.15. The molecule has 172 valence electrons. The first-order valence-electron chi connectivity index (χ1n) is 9.14. The van der Waals surface area contributed by atoms with Crippen LogP contribution in [0, 0.1) is 0 Å². The van der Waals surface area contributed by atoms with Crippen molar-refractivity contribution in [2.75, 3.05) is 18.1 Å². The predicted molar refractivity (Wildman–Crippen MR) is 110 cm³/mol. The van der Waals surface area contributed by atoms with Crippen molar-refractivity contribution in [3.63, 3.8) is 0 Å². The second-order valence-corrected chi connectivity index (χ2v) is 10.4. The average Bonchev–Trinajstić information content (AvgIpc) is 3.25. The Hall–Kier alpha value is -2.81. The van der Waals surface area contributed by atoms with Crippen LogP contribution >= 0.6 is 0 Å². The topological polar surface area (TPSA) is 149 Å². The van der Waals surface area contributed by atoms with E-state index in [4.69, 9.17) is 9.56 Å². The Morgan fingerprint density at radius 3 is 2.41 bits per heavy atom. The summed E-state index contributed by atoms with van der Waals surface area (Å²) in [7, 11) is -7.14. The van der Waals surface area contributed by atoms with E-state index in [9.17, 15) is 25.6 Å². The molecule has 3 heterocycles. The van der Waals surface area contributed by atoms with E-state index in [1.807, 2.05) is 0 Å². The van der Waals surface area contributed by atoms with Crippen LogP contribution in [0.5, 0.6) is 0 Å². The number of hydrogen-bond acceptors (Lipinski definition) is 8. The minimum atomic E-state index is -3.90. The Kier molecular flexibility index (Phi) is 7.28. The van der Waals surface area contributed by atoms with E-state index in [-0.39, 0.29) is 23.9 Å². The maximum Gasteiger partial charge on any atom is 0.314 e. The number of benzene rings is 1. The molecule has 1 aliphatic heterocycles. The van der Waals surface area contributed by atoms with Gasteiger partial charge in [-0.15, -0.1) is 10.2 Å². The lowest BCUT2D eigenvalue weighted by Crippen LogP contribution is -2.48. The van der Waals surface area contributed by atoms with Crippen LogP contribution in [0.3, 0.4) is 0 Å². The van der Waals surface area contributed by atoms with Crippen molar-refractivity contribution in [1.29, 1.82) is 0 Å². The largest absolute Gasteiger partial charge is 0.415 e. The zero-order chi connectivity index (χ0) is 23.4. The summed E-state index contributed by atoms with van der Waals surface area (Å²) >= 11 is 0. The summed E-state index contributed by atoms with van der Waals surface area (Å²) in [5.74, 6) is -1.04. The number of alkyl halides is 2. The van der Waals surface area contributed by atoms with E-state index in [0.29, 0.717) is 11.1 Å². The predicted octanol–water partition coefficient (Wildman–Crippen LogP) is 1.73. The van der Waals surface area contributed by atoms with E-state index in [0.717, 1.165) is 4.31 Å². The Labute approximate surface area is 183 Å². The lowest BCUT2D eigenvalue weighted by Gasteiger charge is -2.33. The quantitative estimate of drug-likeness (QED) is 0.585. The van der Waals surface area contributed by atoms with Crippen molar-refractivity contribution in [2.24, 2.45) is 5.14 Å². The molecule has 2 aromatic heterocycles. The zero-order valence-electron chi connectivity index (χ0n) is 16.5. The molecule has 1 aliphatic rings. The summed E-state index contributed by atoms with van der Waals surface area (Å²) in [4.78, 5) is 3.80. The lowest BCUT2D eigenvalue weighted by atomic mass is 10.1. The van der Waals surface area contributed by atoms with Gasteiger partial charge in [-0.2, -0.15) is 21.5 Å². The Morgan fingerprint density at radius 2 is 1.84 bits per heavy atom. The van der Waals surface area contributed by atoms with Gasteiger partial charge in [-0.3, -0.25) is 4.98 Å². The maximum absolute atomic E-state index is 12.1. The van der Waals surface area contributed by atoms with Gasteiger partial charge in [0.15, 0.2) is 9.84 Å². The molecule has 0 spiro atoms. The van der Waals surface area contributed by atoms with E-state index in [1.54, 1.807) is 48.7 Å². The molecule has 10 nitrogen and oxygen atoms in total. The number of aromatic nitrogens is 3. The summed E-state index contributed by atoms with van der Waals surface area (Å²) in [6.45, 7) is -0.0965. The first-order valence-corrected chi connectivity index (χ1v) is 12.5. The van der Waals surface area contributed by atoms with E-state index < -0.39 is 38.4 Å². The highest BCUT2D eigenvalue weighted by Gasteiger charge is 2.37. The molecule has 1 saturated heterocycles. The molecule has 3 aromatic rings. The first-order chi connectivity index (χ1) is 15.1. The zero-order valence-corrected chi connectivity index (χ0v) is 18.1. The third kappa shape index (κ3) is 6.12. The van der Waals surface area contributed by atoms with Crippen LogP contribution in [0.15, 0.2) is 59.3 Å². The average molecular weight is 488 g/mol. The molecular formula is C18H19F2N5O5S2. The molecule has 1 aromatic carbocycles. The van der Waals surface area contributed by atoms with Gasteiger partial charge in [0.25, 0.3) is 16.1 Å². The molecule has 14 heteroatoms. The smallest absolute Gasteiger partial charge is 0.314 e. The normalized spacial score (nSPS) is 18.7. The minimum Gasteiger partial charge on any atom is -0.415 e. The molecule has 4 rings (SSSR count). The van der Waals surface area contributed by atoms with Crippen LogP contribution in [-0.2, 0) is 20.0 Å². The lowest BCUT2D eigenvalue weighted by molar-refractivity contribution is 0.116. The second-order valence-electron chi connectivity index (χ2n) is 6.68. The Morgan fingerprint density at radius 1 is 1.12 bits per heavy atom. The number of rotatable bonds is 4. The van der Waals surface area contributed by atoms with E-state index in [1.165, 1.54) is 6.20 Å². The number of nitrogens with two attached hydrogens (primary N) is 1. The number of hydrogen-bond donors (Lipinski definition) is 1. The number of pyridine rings is 1. The summed E-state index contributed by atoms with van der Waals surface area (Å²) in [6.07, 6.45) is 0.282. The Bertz CT molecular complexity index is 1240. The van der Waals surface area contributed by atoms with Gasteiger partial charge in [0.1, 0.15) is 0 Å². The molecule has 32 heavy (non-hydrogen) atoms. The third-order valence-electron chi connectivity index (χ3n) is 4.43. The highest BCUT2D eigenvalue weighted by atomic mass is 32.2. The van der Waals surface area contributed by atoms with E-state index in [2.05, 4.69) is 15.2 Å². The van der Waals surface area contributed by atoms with Crippen molar-refractivity contribution in [3.8, 4) is 11.5 Å². The monoisotopic (exact) mass is 487 g/mol. The molecule has 0 bridgehead atoms. The van der Waals surface area contributed by atoms with Crippen molar-refractivity contribution in [3.05, 3.63) is 66.3 Å². The number of halogens is 2. The fourth-order valence-electron chi connectivity index (χ4n) is 2.96. The summed E-state index contributed by atoms with van der Waals surface area (Å²) < 4.78 is 76.2. The van der Waals surface area contributed by atoms with Crippen LogP contribution in [0.4, 0.5) is 8.78 Å². The SMILES string of the molecule is FC(F)c1nnc(-c2cccnc2)o1.NS(=O)(=O)N1CCS(=O)(=O)CC1c1ccccc1. The standard InChI is InChI=1S/C10H14N2O4S2.C8H5F2N3O/c11-18(15,16)12-6-7-17(13,14)8-10(12)9-4-2-1-3-5-9;9-6(10)8-13-12-7(14-8)5-2-1-3-11-4-5/h1-5,10H,6-8H2,(H2,11,15,16);1-4,6H. The fraction of sp³-hybridized carbons (Fsp3) is 0.278. The fourth-order valence-corrected chi connectivity index (χ4v) is 5.56. The van der Waals surface area contributed by atoms with Crippen LogP contribution in [0.25, 0.3) is 11.5 Å². The summed E-state index contributed by atoms with van der Waals surface area (Å²) in [5.41, 5.74) is 1.15. The number of nitrogens with zero attached hydrogens (tertiary/aromatic N) is 4. The van der Waals surface area contributed by atoms with Gasteiger partial charge in [0.05, 0.1) is 23.1 Å². The molecule has 0 saturated carbocycles. The molecule has 1 unspecified atom stereocenters. The summed E-state index contributed by atoms with van der Waals surface area (Å²) in [5, 5.41) is 11.8. The second kappa shape index (κ2) is 9.77. The molecule has 0 radical (unpaired) electrons. The van der Waals surface area contributed by atoms with Gasteiger partial charge >= 0.3 is 6.43 Å². The van der Waals surface area contributed by atoms with Crippen molar-refractivity contribution in [2.45, 2.75) is 12.5 Å². The molecule has 2 N–H and O–H groups in total. The van der Waals surface area contributed by atoms with E-state index >= 15 is 0 Å². The van der Waals surface area contributed by atoms with Gasteiger partial charge in [-0.05, 0) is 17.7 Å². The molecule has 1 fully saturated rings. The molecular weight excluding hydrogens is 468 g/mol. The minimum absolute atomic E-state index is 0.0494. The van der Waals surface area contributed by atoms with Gasteiger partial charge < -0.3 is 4.42 Å². The molecule has 0 amide bonds. The summed E-state index contributed by atoms with van der Waals surface area (Å²) in [6, 6.07) is 11.2. The van der Waals surface area contributed by atoms with Crippen LogP contribution in [0.1, 0.15) is 23.9 Å².